The van der Waals surface area contributed by atoms with Crippen LogP contribution in [-0.2, 0) is 6.42 Å². The first-order chi connectivity index (χ1) is 9.86. The smallest absolute Gasteiger partial charge is 0.227 e. The molecule has 2 heterocycles. The maximum absolute atomic E-state index is 5.36. The highest BCUT2D eigenvalue weighted by atomic mass is 16.5. The second kappa shape index (κ2) is 6.09. The quantitative estimate of drug-likeness (QED) is 0.916. The SMILES string of the molecule is CNC1CCCCC1Cc1nc(-c2cnccn2)no1. The van der Waals surface area contributed by atoms with Crippen molar-refractivity contribution in [3.05, 3.63) is 24.5 Å². The Morgan fingerprint density at radius 3 is 3.00 bits per heavy atom. The van der Waals surface area contributed by atoms with E-state index in [-0.39, 0.29) is 0 Å². The standard InChI is InChI=1S/C14H19N5O/c1-15-11-5-3-2-4-10(11)8-13-18-14(19-20-13)12-9-16-6-7-17-12/h6-7,9-11,15H,2-5,8H2,1H3. The molecule has 2 aromatic rings. The molecule has 0 bridgehead atoms. The van der Waals surface area contributed by atoms with E-state index in [1.54, 1.807) is 18.6 Å². The van der Waals surface area contributed by atoms with Crippen molar-refractivity contribution in [2.24, 2.45) is 5.92 Å². The third-order valence-electron chi connectivity index (χ3n) is 3.98. The van der Waals surface area contributed by atoms with Crippen LogP contribution >= 0.6 is 0 Å². The van der Waals surface area contributed by atoms with Crippen molar-refractivity contribution in [3.63, 3.8) is 0 Å². The highest BCUT2D eigenvalue weighted by molar-refractivity contribution is 5.45. The molecule has 1 N–H and O–H groups in total. The zero-order valence-corrected chi connectivity index (χ0v) is 11.6. The van der Waals surface area contributed by atoms with E-state index in [1.807, 2.05) is 7.05 Å². The van der Waals surface area contributed by atoms with Gasteiger partial charge in [-0.05, 0) is 25.8 Å². The van der Waals surface area contributed by atoms with Gasteiger partial charge >= 0.3 is 0 Å². The fourth-order valence-corrected chi connectivity index (χ4v) is 2.91. The van der Waals surface area contributed by atoms with Gasteiger partial charge in [0.25, 0.3) is 0 Å². The molecule has 20 heavy (non-hydrogen) atoms. The maximum Gasteiger partial charge on any atom is 0.227 e. The molecule has 1 aliphatic rings. The van der Waals surface area contributed by atoms with Gasteiger partial charge in [0.05, 0.1) is 6.20 Å². The zero-order valence-electron chi connectivity index (χ0n) is 11.6. The summed E-state index contributed by atoms with van der Waals surface area (Å²) >= 11 is 0. The fourth-order valence-electron chi connectivity index (χ4n) is 2.91. The zero-order chi connectivity index (χ0) is 13.8. The summed E-state index contributed by atoms with van der Waals surface area (Å²) in [4.78, 5) is 12.6. The van der Waals surface area contributed by atoms with Crippen LogP contribution in [0.25, 0.3) is 11.5 Å². The molecule has 0 spiro atoms. The van der Waals surface area contributed by atoms with Crippen LogP contribution in [0.4, 0.5) is 0 Å². The van der Waals surface area contributed by atoms with Gasteiger partial charge in [-0.15, -0.1) is 0 Å². The number of hydrogen-bond acceptors (Lipinski definition) is 6. The monoisotopic (exact) mass is 273 g/mol. The van der Waals surface area contributed by atoms with Gasteiger partial charge in [0.15, 0.2) is 0 Å². The lowest BCUT2D eigenvalue weighted by Gasteiger charge is -2.30. The highest BCUT2D eigenvalue weighted by Gasteiger charge is 2.26. The second-order valence-electron chi connectivity index (χ2n) is 5.25. The first kappa shape index (κ1) is 13.2. The molecule has 6 nitrogen and oxygen atoms in total. The Bertz CT molecular complexity index is 542. The normalized spacial score (nSPS) is 22.9. The van der Waals surface area contributed by atoms with E-state index in [2.05, 4.69) is 25.4 Å². The van der Waals surface area contributed by atoms with Crippen LogP contribution in [0.5, 0.6) is 0 Å². The summed E-state index contributed by atoms with van der Waals surface area (Å²) in [6, 6.07) is 0.551. The van der Waals surface area contributed by atoms with Crippen molar-refractivity contribution in [2.75, 3.05) is 7.05 Å². The molecule has 2 unspecified atom stereocenters. The average molecular weight is 273 g/mol. The van der Waals surface area contributed by atoms with Crippen molar-refractivity contribution in [1.29, 1.82) is 0 Å². The minimum Gasteiger partial charge on any atom is -0.339 e. The first-order valence-electron chi connectivity index (χ1n) is 7.13. The van der Waals surface area contributed by atoms with Gasteiger partial charge in [-0.1, -0.05) is 18.0 Å². The summed E-state index contributed by atoms with van der Waals surface area (Å²) in [6.07, 6.45) is 10.8. The van der Waals surface area contributed by atoms with Gasteiger partial charge in [-0.2, -0.15) is 4.98 Å². The minimum absolute atomic E-state index is 0.518. The van der Waals surface area contributed by atoms with E-state index in [0.29, 0.717) is 29.4 Å². The lowest BCUT2D eigenvalue weighted by molar-refractivity contribution is 0.248. The van der Waals surface area contributed by atoms with Crippen LogP contribution in [0, 0.1) is 5.92 Å². The third kappa shape index (κ3) is 2.85. The van der Waals surface area contributed by atoms with Crippen molar-refractivity contribution >= 4 is 0 Å². The van der Waals surface area contributed by atoms with E-state index in [9.17, 15) is 0 Å². The van der Waals surface area contributed by atoms with Crippen LogP contribution < -0.4 is 5.32 Å². The topological polar surface area (TPSA) is 76.7 Å². The lowest BCUT2D eigenvalue weighted by Crippen LogP contribution is -2.37. The first-order valence-corrected chi connectivity index (χ1v) is 7.13. The maximum atomic E-state index is 5.36. The van der Waals surface area contributed by atoms with Gasteiger partial charge in [0.2, 0.25) is 11.7 Å². The fraction of sp³-hybridized carbons (Fsp3) is 0.571. The van der Waals surface area contributed by atoms with Gasteiger partial charge in [0.1, 0.15) is 5.69 Å². The molecule has 0 aromatic carbocycles. The second-order valence-corrected chi connectivity index (χ2v) is 5.25. The molecule has 0 aliphatic heterocycles. The van der Waals surface area contributed by atoms with Gasteiger partial charge in [-0.25, -0.2) is 4.98 Å². The molecule has 6 heteroatoms. The summed E-state index contributed by atoms with van der Waals surface area (Å²) < 4.78 is 5.36. The van der Waals surface area contributed by atoms with Crippen molar-refractivity contribution in [2.45, 2.75) is 38.1 Å². The number of nitrogens with one attached hydrogen (secondary N) is 1. The molecule has 0 amide bonds. The Kier molecular flexibility index (Phi) is 4.01. The van der Waals surface area contributed by atoms with Gasteiger partial charge < -0.3 is 9.84 Å². The predicted molar refractivity (Wildman–Crippen MR) is 73.8 cm³/mol. The molecule has 2 atom stereocenters. The Morgan fingerprint density at radius 1 is 1.30 bits per heavy atom. The summed E-state index contributed by atoms with van der Waals surface area (Å²) in [7, 11) is 2.03. The molecule has 0 radical (unpaired) electrons. The van der Waals surface area contributed by atoms with E-state index >= 15 is 0 Å². The van der Waals surface area contributed by atoms with Crippen molar-refractivity contribution in [3.8, 4) is 11.5 Å². The highest BCUT2D eigenvalue weighted by Crippen LogP contribution is 2.27. The van der Waals surface area contributed by atoms with Crippen LogP contribution in [0.15, 0.2) is 23.1 Å². The summed E-state index contributed by atoms with van der Waals surface area (Å²) in [5, 5.41) is 7.39. The van der Waals surface area contributed by atoms with Crippen molar-refractivity contribution in [1.82, 2.24) is 25.4 Å². The van der Waals surface area contributed by atoms with Gasteiger partial charge in [-0.3, -0.25) is 4.98 Å². The Balaban J connectivity index is 1.71. The molecule has 0 saturated heterocycles. The number of hydrogen-bond donors (Lipinski definition) is 1. The van der Waals surface area contributed by atoms with Crippen LogP contribution in [-0.4, -0.2) is 33.2 Å². The molecule has 1 aliphatic carbocycles. The number of rotatable bonds is 4. The molecule has 3 rings (SSSR count). The number of nitrogens with zero attached hydrogens (tertiary/aromatic N) is 4. The summed E-state index contributed by atoms with van der Waals surface area (Å²) in [5.74, 6) is 1.78. The van der Waals surface area contributed by atoms with E-state index < -0.39 is 0 Å². The van der Waals surface area contributed by atoms with Gasteiger partial charge in [0, 0.05) is 24.9 Å². The van der Waals surface area contributed by atoms with Crippen molar-refractivity contribution < 1.29 is 4.52 Å². The largest absolute Gasteiger partial charge is 0.339 e. The Labute approximate surface area is 118 Å². The van der Waals surface area contributed by atoms with E-state index in [4.69, 9.17) is 4.52 Å². The van der Waals surface area contributed by atoms with Crippen LogP contribution in [0.2, 0.25) is 0 Å². The molecule has 1 saturated carbocycles. The molecular weight excluding hydrogens is 254 g/mol. The molecule has 106 valence electrons. The third-order valence-corrected chi connectivity index (χ3v) is 3.98. The molecule has 2 aromatic heterocycles. The molecule has 1 fully saturated rings. The minimum atomic E-state index is 0.518. The predicted octanol–water partition coefficient (Wildman–Crippen LogP) is 1.85. The average Bonchev–Trinajstić information content (AvgIpc) is 2.97. The van der Waals surface area contributed by atoms with E-state index in [0.717, 1.165) is 6.42 Å². The summed E-state index contributed by atoms with van der Waals surface area (Å²) in [5.41, 5.74) is 0.649. The number of aromatic nitrogens is 4. The Morgan fingerprint density at radius 2 is 2.20 bits per heavy atom. The Hall–Kier alpha value is -1.82. The van der Waals surface area contributed by atoms with E-state index in [1.165, 1.54) is 25.7 Å². The van der Waals surface area contributed by atoms with Crippen LogP contribution in [0.1, 0.15) is 31.6 Å². The molecular formula is C14H19N5O. The lowest BCUT2D eigenvalue weighted by atomic mass is 9.82. The van der Waals surface area contributed by atoms with Crippen LogP contribution in [0.3, 0.4) is 0 Å². The summed E-state index contributed by atoms with van der Waals surface area (Å²) in [6.45, 7) is 0.